The van der Waals surface area contributed by atoms with Gasteiger partial charge in [-0.05, 0) is 24.5 Å². The van der Waals surface area contributed by atoms with Crippen LogP contribution in [-0.4, -0.2) is 24.6 Å². The van der Waals surface area contributed by atoms with Crippen LogP contribution in [0.2, 0.25) is 0 Å². The average molecular weight is 359 g/mol. The van der Waals surface area contributed by atoms with Crippen molar-refractivity contribution >= 4 is 23.2 Å². The number of benzene rings is 2. The first-order chi connectivity index (χ1) is 13.1. The molecule has 1 aliphatic heterocycles. The molecule has 0 radical (unpaired) electrons. The Morgan fingerprint density at radius 1 is 0.926 bits per heavy atom. The van der Waals surface area contributed by atoms with Crippen molar-refractivity contribution in [1.29, 1.82) is 0 Å². The molecule has 3 aliphatic rings. The Morgan fingerprint density at radius 2 is 1.56 bits per heavy atom. The van der Waals surface area contributed by atoms with E-state index >= 15 is 0 Å². The third kappa shape index (κ3) is 2.08. The number of carbonyl (C=O) groups is 3. The van der Waals surface area contributed by atoms with Crippen LogP contribution < -0.4 is 10.1 Å². The lowest BCUT2D eigenvalue weighted by atomic mass is 9.72. The SMILES string of the molecule is COc1cc2c(c3c1C(=O)c1ccccc1C3=O)NC(=O)[C@H]1CC=CC[C@@H]21. The van der Waals surface area contributed by atoms with E-state index in [-0.39, 0.29) is 40.4 Å². The number of ketones is 2. The molecule has 5 heteroatoms. The Kier molecular flexibility index (Phi) is 3.34. The van der Waals surface area contributed by atoms with E-state index in [0.29, 0.717) is 29.0 Å². The zero-order valence-corrected chi connectivity index (χ0v) is 14.7. The number of carbonyl (C=O) groups excluding carboxylic acids is 3. The second-order valence-electron chi connectivity index (χ2n) is 7.14. The topological polar surface area (TPSA) is 72.5 Å². The molecule has 1 amide bonds. The van der Waals surface area contributed by atoms with E-state index in [0.717, 1.165) is 12.0 Å². The van der Waals surface area contributed by atoms with Gasteiger partial charge in [-0.25, -0.2) is 0 Å². The van der Waals surface area contributed by atoms with E-state index in [1.54, 1.807) is 24.3 Å². The maximum absolute atomic E-state index is 13.3. The summed E-state index contributed by atoms with van der Waals surface area (Å²) >= 11 is 0. The van der Waals surface area contributed by atoms with Gasteiger partial charge in [-0.2, -0.15) is 0 Å². The fraction of sp³-hybridized carbons (Fsp3) is 0.227. The summed E-state index contributed by atoms with van der Waals surface area (Å²) < 4.78 is 5.52. The lowest BCUT2D eigenvalue weighted by Crippen LogP contribution is -2.36. The van der Waals surface area contributed by atoms with Crippen LogP contribution in [0.5, 0.6) is 5.75 Å². The molecule has 134 valence electrons. The fourth-order valence-corrected chi connectivity index (χ4v) is 4.53. The average Bonchev–Trinajstić information content (AvgIpc) is 2.71. The predicted molar refractivity (Wildman–Crippen MR) is 99.5 cm³/mol. The second-order valence-corrected chi connectivity index (χ2v) is 7.14. The molecule has 2 aromatic carbocycles. The minimum Gasteiger partial charge on any atom is -0.496 e. The summed E-state index contributed by atoms with van der Waals surface area (Å²) in [6, 6.07) is 8.60. The van der Waals surface area contributed by atoms with Crippen molar-refractivity contribution in [3.05, 3.63) is 70.3 Å². The van der Waals surface area contributed by atoms with Gasteiger partial charge in [0.15, 0.2) is 11.6 Å². The van der Waals surface area contributed by atoms with Crippen LogP contribution in [0.1, 0.15) is 56.2 Å². The van der Waals surface area contributed by atoms with Crippen molar-refractivity contribution in [1.82, 2.24) is 0 Å². The number of allylic oxidation sites excluding steroid dienone is 2. The first-order valence-corrected chi connectivity index (χ1v) is 9.01. The van der Waals surface area contributed by atoms with Crippen LogP contribution in [0.3, 0.4) is 0 Å². The molecule has 5 rings (SSSR count). The van der Waals surface area contributed by atoms with Gasteiger partial charge >= 0.3 is 0 Å². The Balaban J connectivity index is 1.82. The Bertz CT molecular complexity index is 1070. The van der Waals surface area contributed by atoms with Gasteiger partial charge in [0.05, 0.1) is 23.9 Å². The smallest absolute Gasteiger partial charge is 0.228 e. The molecule has 0 saturated carbocycles. The number of nitrogens with one attached hydrogen (secondary N) is 1. The van der Waals surface area contributed by atoms with Gasteiger partial charge in [-0.1, -0.05) is 36.4 Å². The minimum atomic E-state index is -0.250. The fourth-order valence-electron chi connectivity index (χ4n) is 4.53. The monoisotopic (exact) mass is 359 g/mol. The molecule has 0 saturated heterocycles. The number of hydrogen-bond donors (Lipinski definition) is 1. The number of anilines is 1. The van der Waals surface area contributed by atoms with Crippen molar-refractivity contribution in [2.45, 2.75) is 18.8 Å². The summed E-state index contributed by atoms with van der Waals surface area (Å²) in [6.45, 7) is 0. The predicted octanol–water partition coefficient (Wildman–Crippen LogP) is 3.47. The van der Waals surface area contributed by atoms with Gasteiger partial charge in [0, 0.05) is 23.0 Å². The standard InChI is InChI=1S/C22H17NO4/c1-27-16-10-15-11-6-2-5-9-14(11)22(26)23-19(15)18-17(16)20(24)12-7-3-4-8-13(12)21(18)25/h2-5,7-8,10-11,14H,6,9H2,1H3,(H,23,26)/t11-,14+/m1/s1. The van der Waals surface area contributed by atoms with Crippen molar-refractivity contribution in [3.8, 4) is 5.75 Å². The van der Waals surface area contributed by atoms with Crippen molar-refractivity contribution < 1.29 is 19.1 Å². The highest BCUT2D eigenvalue weighted by molar-refractivity contribution is 6.32. The maximum atomic E-state index is 13.3. The highest BCUT2D eigenvalue weighted by Gasteiger charge is 2.42. The van der Waals surface area contributed by atoms with E-state index < -0.39 is 0 Å². The molecule has 0 bridgehead atoms. The number of methoxy groups -OCH3 is 1. The van der Waals surface area contributed by atoms with Crippen LogP contribution in [0, 0.1) is 5.92 Å². The Labute approximate surface area is 156 Å². The summed E-state index contributed by atoms with van der Waals surface area (Å²) in [5, 5.41) is 2.92. The third-order valence-electron chi connectivity index (χ3n) is 5.83. The summed E-state index contributed by atoms with van der Waals surface area (Å²) in [7, 11) is 1.50. The van der Waals surface area contributed by atoms with E-state index in [2.05, 4.69) is 11.4 Å². The molecule has 2 aliphatic carbocycles. The zero-order valence-electron chi connectivity index (χ0n) is 14.7. The number of rotatable bonds is 1. The van der Waals surface area contributed by atoms with Crippen LogP contribution in [0.25, 0.3) is 0 Å². The maximum Gasteiger partial charge on any atom is 0.228 e. The largest absolute Gasteiger partial charge is 0.496 e. The summed E-state index contributed by atoms with van der Waals surface area (Å²) in [4.78, 5) is 39.1. The molecule has 1 heterocycles. The second kappa shape index (κ2) is 5.64. The van der Waals surface area contributed by atoms with Gasteiger partial charge in [-0.15, -0.1) is 0 Å². The molecule has 5 nitrogen and oxygen atoms in total. The van der Waals surface area contributed by atoms with Crippen LogP contribution >= 0.6 is 0 Å². The Morgan fingerprint density at radius 3 is 2.22 bits per heavy atom. The molecule has 0 aromatic heterocycles. The van der Waals surface area contributed by atoms with Gasteiger partial charge < -0.3 is 10.1 Å². The normalized spacial score (nSPS) is 22.3. The number of ether oxygens (including phenoxy) is 1. The molecule has 0 unspecified atom stereocenters. The zero-order chi connectivity index (χ0) is 18.7. The van der Waals surface area contributed by atoms with Gasteiger partial charge in [-0.3, -0.25) is 14.4 Å². The molecule has 0 fully saturated rings. The van der Waals surface area contributed by atoms with Crippen LogP contribution in [0.4, 0.5) is 5.69 Å². The Hall–Kier alpha value is -3.21. The quantitative estimate of drug-likeness (QED) is 0.675. The van der Waals surface area contributed by atoms with Crippen molar-refractivity contribution in [2.24, 2.45) is 5.92 Å². The summed E-state index contributed by atoms with van der Waals surface area (Å²) in [5.74, 6) is -0.380. The molecular weight excluding hydrogens is 342 g/mol. The van der Waals surface area contributed by atoms with E-state index in [1.807, 2.05) is 12.1 Å². The van der Waals surface area contributed by atoms with E-state index in [1.165, 1.54) is 7.11 Å². The van der Waals surface area contributed by atoms with E-state index in [4.69, 9.17) is 4.74 Å². The molecule has 0 spiro atoms. The third-order valence-corrected chi connectivity index (χ3v) is 5.83. The first-order valence-electron chi connectivity index (χ1n) is 9.01. The van der Waals surface area contributed by atoms with Gasteiger partial charge in [0.2, 0.25) is 5.91 Å². The molecular formula is C22H17NO4. The summed E-state index contributed by atoms with van der Waals surface area (Å²) in [5.41, 5.74) is 2.58. The lowest BCUT2D eigenvalue weighted by molar-refractivity contribution is -0.121. The first kappa shape index (κ1) is 16.0. The number of fused-ring (bicyclic) bond motifs is 6. The van der Waals surface area contributed by atoms with Crippen LogP contribution in [0.15, 0.2) is 42.5 Å². The summed E-state index contributed by atoms with van der Waals surface area (Å²) in [6.07, 6.45) is 5.49. The molecule has 2 aromatic rings. The highest BCUT2D eigenvalue weighted by Crippen LogP contribution is 2.48. The van der Waals surface area contributed by atoms with Crippen LogP contribution in [-0.2, 0) is 4.79 Å². The highest BCUT2D eigenvalue weighted by atomic mass is 16.5. The molecule has 1 N–H and O–H groups in total. The van der Waals surface area contributed by atoms with Crippen molar-refractivity contribution in [2.75, 3.05) is 12.4 Å². The minimum absolute atomic E-state index is 0.0157. The van der Waals surface area contributed by atoms with E-state index in [9.17, 15) is 14.4 Å². The number of hydrogen-bond acceptors (Lipinski definition) is 4. The van der Waals surface area contributed by atoms with Gasteiger partial charge in [0.25, 0.3) is 0 Å². The number of amides is 1. The molecule has 27 heavy (non-hydrogen) atoms. The van der Waals surface area contributed by atoms with Gasteiger partial charge in [0.1, 0.15) is 5.75 Å². The lowest BCUT2D eigenvalue weighted by Gasteiger charge is -2.36. The van der Waals surface area contributed by atoms with Crippen molar-refractivity contribution in [3.63, 3.8) is 0 Å². The molecule has 2 atom stereocenters.